The van der Waals surface area contributed by atoms with Crippen molar-refractivity contribution in [1.82, 2.24) is 15.0 Å². The standard InChI is InChI=1S/C10H11BrN4O2S/c1-7-5-3-4-6-8(7)13-18(16,17)10-9(11)12-14-15(10)2/h3-6,13H,1-2H3. The van der Waals surface area contributed by atoms with Crippen molar-refractivity contribution in [3.63, 3.8) is 0 Å². The van der Waals surface area contributed by atoms with E-state index in [1.807, 2.05) is 19.1 Å². The first-order valence-electron chi connectivity index (χ1n) is 5.05. The van der Waals surface area contributed by atoms with Gasteiger partial charge in [0.25, 0.3) is 10.0 Å². The number of anilines is 1. The van der Waals surface area contributed by atoms with Crippen molar-refractivity contribution in [2.75, 3.05) is 4.72 Å². The first kappa shape index (κ1) is 13.0. The van der Waals surface area contributed by atoms with E-state index in [9.17, 15) is 8.42 Å². The Bertz CT molecular complexity index is 661. The van der Waals surface area contributed by atoms with Crippen LogP contribution in [0.1, 0.15) is 5.56 Å². The zero-order chi connectivity index (χ0) is 13.3. The van der Waals surface area contributed by atoms with E-state index in [2.05, 4.69) is 31.0 Å². The molecule has 0 aliphatic carbocycles. The molecule has 1 heterocycles. The molecule has 6 nitrogen and oxygen atoms in total. The van der Waals surface area contributed by atoms with Crippen LogP contribution in [-0.2, 0) is 17.1 Å². The molecule has 96 valence electrons. The van der Waals surface area contributed by atoms with Gasteiger partial charge >= 0.3 is 0 Å². The number of halogens is 1. The third kappa shape index (κ3) is 2.39. The molecule has 0 amide bonds. The molecular formula is C10H11BrN4O2S. The molecule has 0 aliphatic heterocycles. The Labute approximate surface area is 113 Å². The van der Waals surface area contributed by atoms with Crippen LogP contribution >= 0.6 is 15.9 Å². The van der Waals surface area contributed by atoms with Gasteiger partial charge in [-0.3, -0.25) is 4.72 Å². The van der Waals surface area contributed by atoms with E-state index in [0.717, 1.165) is 5.56 Å². The molecule has 0 aliphatic rings. The number of sulfonamides is 1. The number of para-hydroxylation sites is 1. The molecule has 0 saturated heterocycles. The lowest BCUT2D eigenvalue weighted by atomic mass is 10.2. The van der Waals surface area contributed by atoms with Crippen LogP contribution in [0.5, 0.6) is 0 Å². The van der Waals surface area contributed by atoms with Gasteiger partial charge in [0, 0.05) is 7.05 Å². The fourth-order valence-electron chi connectivity index (χ4n) is 1.49. The molecule has 0 bridgehead atoms. The van der Waals surface area contributed by atoms with Gasteiger partial charge < -0.3 is 0 Å². The average molecular weight is 331 g/mol. The van der Waals surface area contributed by atoms with Gasteiger partial charge in [0.05, 0.1) is 5.69 Å². The predicted molar refractivity (Wildman–Crippen MR) is 70.7 cm³/mol. The fraction of sp³-hybridized carbons (Fsp3) is 0.200. The van der Waals surface area contributed by atoms with Gasteiger partial charge in [0.2, 0.25) is 5.03 Å². The normalized spacial score (nSPS) is 11.5. The molecule has 2 rings (SSSR count). The number of hydrogen-bond donors (Lipinski definition) is 1. The first-order chi connectivity index (χ1) is 8.42. The van der Waals surface area contributed by atoms with Crippen molar-refractivity contribution in [2.45, 2.75) is 11.9 Å². The number of hydrogen-bond acceptors (Lipinski definition) is 4. The molecule has 1 aromatic carbocycles. The summed E-state index contributed by atoms with van der Waals surface area (Å²) in [6.07, 6.45) is 0. The summed E-state index contributed by atoms with van der Waals surface area (Å²) in [6, 6.07) is 7.13. The minimum Gasteiger partial charge on any atom is -0.278 e. The zero-order valence-electron chi connectivity index (χ0n) is 9.75. The summed E-state index contributed by atoms with van der Waals surface area (Å²) in [5.74, 6) is 0. The minimum atomic E-state index is -3.71. The molecule has 0 radical (unpaired) electrons. The molecular weight excluding hydrogens is 320 g/mol. The first-order valence-corrected chi connectivity index (χ1v) is 7.33. The van der Waals surface area contributed by atoms with Gasteiger partial charge in [-0.2, -0.15) is 8.42 Å². The number of aromatic nitrogens is 3. The van der Waals surface area contributed by atoms with Gasteiger partial charge in [-0.1, -0.05) is 23.4 Å². The summed E-state index contributed by atoms with van der Waals surface area (Å²) >= 11 is 3.07. The van der Waals surface area contributed by atoms with Crippen molar-refractivity contribution < 1.29 is 8.42 Å². The maximum Gasteiger partial charge on any atom is 0.281 e. The summed E-state index contributed by atoms with van der Waals surface area (Å²) in [6.45, 7) is 1.83. The quantitative estimate of drug-likeness (QED) is 0.928. The van der Waals surface area contributed by atoms with E-state index >= 15 is 0 Å². The van der Waals surface area contributed by atoms with Crippen LogP contribution in [-0.4, -0.2) is 23.4 Å². The van der Waals surface area contributed by atoms with Crippen LogP contribution in [0, 0.1) is 6.92 Å². The lowest BCUT2D eigenvalue weighted by molar-refractivity contribution is 0.578. The summed E-state index contributed by atoms with van der Waals surface area (Å²) in [5.41, 5.74) is 1.37. The van der Waals surface area contributed by atoms with E-state index in [1.54, 1.807) is 12.1 Å². The van der Waals surface area contributed by atoms with Crippen molar-refractivity contribution in [3.8, 4) is 0 Å². The van der Waals surface area contributed by atoms with Crippen LogP contribution < -0.4 is 4.72 Å². The monoisotopic (exact) mass is 330 g/mol. The van der Waals surface area contributed by atoms with E-state index in [-0.39, 0.29) is 9.63 Å². The van der Waals surface area contributed by atoms with Crippen molar-refractivity contribution in [1.29, 1.82) is 0 Å². The topological polar surface area (TPSA) is 76.9 Å². The second-order valence-electron chi connectivity index (χ2n) is 3.73. The van der Waals surface area contributed by atoms with Crippen molar-refractivity contribution in [3.05, 3.63) is 34.4 Å². The summed E-state index contributed by atoms with van der Waals surface area (Å²) in [7, 11) is -2.19. The third-order valence-corrected chi connectivity index (χ3v) is 4.63. The SMILES string of the molecule is Cc1ccccc1NS(=O)(=O)c1c(Br)nnn1C. The van der Waals surface area contributed by atoms with E-state index in [0.29, 0.717) is 5.69 Å². The Morgan fingerprint density at radius 3 is 2.56 bits per heavy atom. The fourth-order valence-corrected chi connectivity index (χ4v) is 3.72. The Morgan fingerprint density at radius 1 is 1.33 bits per heavy atom. The van der Waals surface area contributed by atoms with Gasteiger partial charge in [-0.15, -0.1) is 5.10 Å². The number of nitrogens with zero attached hydrogens (tertiary/aromatic N) is 3. The van der Waals surface area contributed by atoms with Gasteiger partial charge in [-0.25, -0.2) is 4.68 Å². The van der Waals surface area contributed by atoms with Crippen LogP contribution in [0.4, 0.5) is 5.69 Å². The van der Waals surface area contributed by atoms with Crippen molar-refractivity contribution >= 4 is 31.6 Å². The second-order valence-corrected chi connectivity index (χ2v) is 6.08. The number of aryl methyl sites for hydroxylation is 2. The average Bonchev–Trinajstić information content (AvgIpc) is 2.62. The van der Waals surface area contributed by atoms with Crippen LogP contribution in [0.15, 0.2) is 33.9 Å². The van der Waals surface area contributed by atoms with Crippen LogP contribution in [0.25, 0.3) is 0 Å². The summed E-state index contributed by atoms with van der Waals surface area (Å²) in [4.78, 5) is 0. The highest BCUT2D eigenvalue weighted by Crippen LogP contribution is 2.22. The summed E-state index contributed by atoms with van der Waals surface area (Å²) in [5, 5.41) is 7.30. The van der Waals surface area contributed by atoms with Gasteiger partial charge in [0.1, 0.15) is 0 Å². The number of rotatable bonds is 3. The molecule has 8 heteroatoms. The molecule has 0 unspecified atom stereocenters. The molecule has 0 saturated carbocycles. The molecule has 1 N–H and O–H groups in total. The lowest BCUT2D eigenvalue weighted by Gasteiger charge is -2.10. The Morgan fingerprint density at radius 2 is 2.00 bits per heavy atom. The lowest BCUT2D eigenvalue weighted by Crippen LogP contribution is -2.17. The van der Waals surface area contributed by atoms with Gasteiger partial charge in [-0.05, 0) is 34.5 Å². The third-order valence-electron chi connectivity index (χ3n) is 2.38. The molecule has 2 aromatic rings. The molecule has 0 atom stereocenters. The van der Waals surface area contributed by atoms with Crippen LogP contribution in [0.3, 0.4) is 0 Å². The Kier molecular flexibility index (Phi) is 3.40. The van der Waals surface area contributed by atoms with Crippen LogP contribution in [0.2, 0.25) is 0 Å². The number of benzene rings is 1. The highest BCUT2D eigenvalue weighted by atomic mass is 79.9. The predicted octanol–water partition coefficient (Wildman–Crippen LogP) is 1.69. The molecule has 0 spiro atoms. The van der Waals surface area contributed by atoms with E-state index in [4.69, 9.17) is 0 Å². The molecule has 0 fully saturated rings. The Balaban J connectivity index is 2.43. The summed E-state index contributed by atoms with van der Waals surface area (Å²) < 4.78 is 28.3. The smallest absolute Gasteiger partial charge is 0.278 e. The Hall–Kier alpha value is -1.41. The zero-order valence-corrected chi connectivity index (χ0v) is 12.2. The van der Waals surface area contributed by atoms with E-state index < -0.39 is 10.0 Å². The second kappa shape index (κ2) is 4.69. The molecule has 18 heavy (non-hydrogen) atoms. The minimum absolute atomic E-state index is 0.00856. The highest BCUT2D eigenvalue weighted by molar-refractivity contribution is 9.10. The number of nitrogens with one attached hydrogen (secondary N) is 1. The van der Waals surface area contributed by atoms with Gasteiger partial charge in [0.15, 0.2) is 4.60 Å². The largest absolute Gasteiger partial charge is 0.281 e. The van der Waals surface area contributed by atoms with E-state index in [1.165, 1.54) is 11.7 Å². The maximum atomic E-state index is 12.2. The van der Waals surface area contributed by atoms with Crippen molar-refractivity contribution in [2.24, 2.45) is 7.05 Å². The highest BCUT2D eigenvalue weighted by Gasteiger charge is 2.24. The molecule has 1 aromatic heterocycles. The maximum absolute atomic E-state index is 12.2.